The molecule has 6 heteroatoms. The van der Waals surface area contributed by atoms with Crippen LogP contribution in [0.2, 0.25) is 0 Å². The number of carbonyl (C=O) groups excluding carboxylic acids is 1. The minimum absolute atomic E-state index is 0.0228. The number of hydrogen-bond donors (Lipinski definition) is 4. The van der Waals surface area contributed by atoms with E-state index in [0.717, 1.165) is 0 Å². The molecule has 0 saturated carbocycles. The van der Waals surface area contributed by atoms with Crippen molar-refractivity contribution in [2.75, 3.05) is 13.1 Å². The van der Waals surface area contributed by atoms with Crippen molar-refractivity contribution in [2.45, 2.75) is 31.6 Å². The number of aliphatic hydroxyl groups excluding tert-OH is 2. The van der Waals surface area contributed by atoms with E-state index in [-0.39, 0.29) is 18.4 Å². The van der Waals surface area contributed by atoms with E-state index in [1.165, 1.54) is 0 Å². The van der Waals surface area contributed by atoms with Crippen LogP contribution in [0.3, 0.4) is 0 Å². The first-order valence-electron chi connectivity index (χ1n) is 4.64. The van der Waals surface area contributed by atoms with Crippen molar-refractivity contribution >= 4 is 5.91 Å². The zero-order chi connectivity index (χ0) is 10.7. The van der Waals surface area contributed by atoms with Crippen LogP contribution in [0.1, 0.15) is 13.3 Å². The maximum absolute atomic E-state index is 11.0. The number of nitrogens with zero attached hydrogens (tertiary/aromatic N) is 1. The van der Waals surface area contributed by atoms with Crippen molar-refractivity contribution in [3.63, 3.8) is 0 Å². The Labute approximate surface area is 82.7 Å². The van der Waals surface area contributed by atoms with E-state index in [0.29, 0.717) is 13.1 Å². The normalized spacial score (nSPS) is 30.3. The summed E-state index contributed by atoms with van der Waals surface area (Å²) in [7, 11) is 0. The largest absolute Gasteiger partial charge is 0.389 e. The molecule has 5 N–H and O–H groups in total. The van der Waals surface area contributed by atoms with Crippen molar-refractivity contribution in [3.8, 4) is 0 Å². The van der Waals surface area contributed by atoms with E-state index >= 15 is 0 Å². The summed E-state index contributed by atoms with van der Waals surface area (Å²) in [5, 5.41) is 18.6. The minimum atomic E-state index is -0.710. The molecular weight excluding hydrogens is 186 g/mol. The predicted octanol–water partition coefficient (Wildman–Crippen LogP) is -2.21. The van der Waals surface area contributed by atoms with Gasteiger partial charge in [0.1, 0.15) is 0 Å². The van der Waals surface area contributed by atoms with Crippen LogP contribution < -0.4 is 11.3 Å². The van der Waals surface area contributed by atoms with Crippen molar-refractivity contribution in [3.05, 3.63) is 0 Å². The fourth-order valence-electron chi connectivity index (χ4n) is 1.61. The molecule has 1 amide bonds. The van der Waals surface area contributed by atoms with Crippen molar-refractivity contribution in [1.29, 1.82) is 0 Å². The number of aliphatic hydroxyl groups is 2. The van der Waals surface area contributed by atoms with Gasteiger partial charge in [-0.25, -0.2) is 5.84 Å². The Hall–Kier alpha value is -0.690. The molecule has 1 fully saturated rings. The number of carbonyl (C=O) groups is 1. The number of hydrogen-bond acceptors (Lipinski definition) is 5. The molecule has 1 rings (SSSR count). The van der Waals surface area contributed by atoms with Crippen molar-refractivity contribution < 1.29 is 15.0 Å². The Kier molecular flexibility index (Phi) is 3.82. The van der Waals surface area contributed by atoms with E-state index in [4.69, 9.17) is 5.84 Å². The highest BCUT2D eigenvalue weighted by molar-refractivity contribution is 5.75. The van der Waals surface area contributed by atoms with Crippen LogP contribution in [-0.2, 0) is 4.79 Å². The average molecular weight is 203 g/mol. The summed E-state index contributed by atoms with van der Waals surface area (Å²) in [6.07, 6.45) is -1.15. The number of likely N-dealkylation sites (tertiary alicyclic amines) is 1. The lowest BCUT2D eigenvalue weighted by molar-refractivity contribution is -0.122. The first-order chi connectivity index (χ1) is 6.54. The Morgan fingerprint density at radius 2 is 2.07 bits per heavy atom. The number of nitrogens with one attached hydrogen (secondary N) is 1. The van der Waals surface area contributed by atoms with Gasteiger partial charge in [0.2, 0.25) is 5.91 Å². The maximum atomic E-state index is 11.0. The number of amides is 1. The molecule has 82 valence electrons. The summed E-state index contributed by atoms with van der Waals surface area (Å²) in [6, 6.07) is -0.0228. The minimum Gasteiger partial charge on any atom is -0.389 e. The molecule has 0 aromatic heterocycles. The number of nitrogens with two attached hydrogens (primary N) is 1. The molecule has 0 spiro atoms. The van der Waals surface area contributed by atoms with E-state index in [9.17, 15) is 15.0 Å². The molecule has 1 heterocycles. The third-order valence-corrected chi connectivity index (χ3v) is 2.55. The Morgan fingerprint density at radius 3 is 2.50 bits per heavy atom. The molecule has 6 nitrogen and oxygen atoms in total. The third-order valence-electron chi connectivity index (χ3n) is 2.55. The second kappa shape index (κ2) is 4.70. The molecule has 0 aromatic carbocycles. The van der Waals surface area contributed by atoms with Gasteiger partial charge in [-0.05, 0) is 6.92 Å². The zero-order valence-electron chi connectivity index (χ0n) is 8.18. The van der Waals surface area contributed by atoms with Crippen LogP contribution in [0.5, 0.6) is 0 Å². The number of β-amino-alcohol motifs (C(OH)–C–C–N with tert-alkyl or cyclic N) is 2. The fourth-order valence-corrected chi connectivity index (χ4v) is 1.61. The van der Waals surface area contributed by atoms with Crippen LogP contribution in [0, 0.1) is 0 Å². The van der Waals surface area contributed by atoms with Gasteiger partial charge in [-0.2, -0.15) is 0 Å². The summed E-state index contributed by atoms with van der Waals surface area (Å²) in [5.74, 6) is 4.71. The van der Waals surface area contributed by atoms with E-state index < -0.39 is 12.2 Å². The second-order valence-corrected chi connectivity index (χ2v) is 3.71. The van der Waals surface area contributed by atoms with Gasteiger partial charge in [-0.1, -0.05) is 0 Å². The Morgan fingerprint density at radius 1 is 1.57 bits per heavy atom. The molecule has 0 radical (unpaired) electrons. The Balaban J connectivity index is 2.39. The molecule has 1 aliphatic heterocycles. The lowest BCUT2D eigenvalue weighted by Crippen LogP contribution is -2.39. The molecule has 1 aliphatic rings. The highest BCUT2D eigenvalue weighted by Gasteiger charge is 2.32. The monoisotopic (exact) mass is 203 g/mol. The topological polar surface area (TPSA) is 98.8 Å². The van der Waals surface area contributed by atoms with Crippen LogP contribution in [0.4, 0.5) is 0 Å². The molecule has 1 saturated heterocycles. The summed E-state index contributed by atoms with van der Waals surface area (Å²) < 4.78 is 0. The lowest BCUT2D eigenvalue weighted by Gasteiger charge is -2.22. The smallest absolute Gasteiger partial charge is 0.235 e. The highest BCUT2D eigenvalue weighted by atomic mass is 16.3. The summed E-state index contributed by atoms with van der Waals surface area (Å²) in [6.45, 7) is 2.67. The van der Waals surface area contributed by atoms with E-state index in [1.807, 2.05) is 11.8 Å². The average Bonchev–Trinajstić information content (AvgIpc) is 2.47. The van der Waals surface area contributed by atoms with Gasteiger partial charge in [0.15, 0.2) is 0 Å². The molecular formula is C8H17N3O3. The van der Waals surface area contributed by atoms with Crippen LogP contribution in [-0.4, -0.2) is 52.4 Å². The van der Waals surface area contributed by atoms with E-state index in [1.54, 1.807) is 0 Å². The van der Waals surface area contributed by atoms with E-state index in [2.05, 4.69) is 5.43 Å². The van der Waals surface area contributed by atoms with Gasteiger partial charge in [-0.15, -0.1) is 0 Å². The number of hydrazine groups is 1. The standard InChI is InChI=1S/C8H17N3O3/c1-5(2-8(14)10-9)11-3-6(12)7(13)4-11/h5-7,12-13H,2-4,9H2,1H3,(H,10,14). The van der Waals surface area contributed by atoms with Crippen molar-refractivity contribution in [1.82, 2.24) is 10.3 Å². The predicted molar refractivity (Wildman–Crippen MR) is 50.0 cm³/mol. The lowest BCUT2D eigenvalue weighted by atomic mass is 10.2. The second-order valence-electron chi connectivity index (χ2n) is 3.71. The SMILES string of the molecule is CC(CC(=O)NN)N1CC(O)C(O)C1. The first-order valence-corrected chi connectivity index (χ1v) is 4.64. The maximum Gasteiger partial charge on any atom is 0.235 e. The van der Waals surface area contributed by atoms with Crippen molar-refractivity contribution in [2.24, 2.45) is 5.84 Å². The van der Waals surface area contributed by atoms with Crippen LogP contribution in [0.25, 0.3) is 0 Å². The molecule has 0 aliphatic carbocycles. The summed E-state index contributed by atoms with van der Waals surface area (Å²) in [5.41, 5.74) is 2.05. The quantitative estimate of drug-likeness (QED) is 0.237. The van der Waals surface area contributed by atoms with Gasteiger partial charge in [0.05, 0.1) is 12.2 Å². The molecule has 3 atom stereocenters. The zero-order valence-corrected chi connectivity index (χ0v) is 8.18. The summed E-state index contributed by atoms with van der Waals surface area (Å²) >= 11 is 0. The molecule has 0 aromatic rings. The van der Waals surface area contributed by atoms with Gasteiger partial charge in [-0.3, -0.25) is 15.1 Å². The summed E-state index contributed by atoms with van der Waals surface area (Å²) in [4.78, 5) is 12.8. The Bertz CT molecular complexity index is 202. The fraction of sp³-hybridized carbons (Fsp3) is 0.875. The number of rotatable bonds is 3. The van der Waals surface area contributed by atoms with Crippen LogP contribution in [0.15, 0.2) is 0 Å². The van der Waals surface area contributed by atoms with Gasteiger partial charge < -0.3 is 10.2 Å². The van der Waals surface area contributed by atoms with Gasteiger partial charge in [0, 0.05) is 25.6 Å². The molecule has 14 heavy (non-hydrogen) atoms. The molecule has 3 unspecified atom stereocenters. The first kappa shape index (κ1) is 11.4. The third kappa shape index (κ3) is 2.65. The molecule has 0 bridgehead atoms. The van der Waals surface area contributed by atoms with Gasteiger partial charge >= 0.3 is 0 Å². The van der Waals surface area contributed by atoms with Gasteiger partial charge in [0.25, 0.3) is 0 Å². The highest BCUT2D eigenvalue weighted by Crippen LogP contribution is 2.14. The van der Waals surface area contributed by atoms with Crippen LogP contribution >= 0.6 is 0 Å².